The average molecular weight is 305 g/mol. The summed E-state index contributed by atoms with van der Waals surface area (Å²) in [5.74, 6) is 0.412. The highest BCUT2D eigenvalue weighted by Crippen LogP contribution is 2.32. The summed E-state index contributed by atoms with van der Waals surface area (Å²) in [5.41, 5.74) is 9.49. The second kappa shape index (κ2) is 6.71. The summed E-state index contributed by atoms with van der Waals surface area (Å²) < 4.78 is 5.50. The van der Waals surface area contributed by atoms with Crippen molar-refractivity contribution >= 4 is 17.4 Å². The SMILES string of the molecule is CCCOc1ncnc(Sc2nc(C)c(C)c(C)n2)c1N. The zero-order valence-electron chi connectivity index (χ0n) is 12.7. The van der Waals surface area contributed by atoms with E-state index >= 15 is 0 Å². The van der Waals surface area contributed by atoms with Crippen molar-refractivity contribution in [2.45, 2.75) is 44.3 Å². The van der Waals surface area contributed by atoms with Gasteiger partial charge in [0.25, 0.3) is 0 Å². The number of nitrogens with zero attached hydrogens (tertiary/aromatic N) is 4. The molecule has 0 fully saturated rings. The molecule has 2 heterocycles. The van der Waals surface area contributed by atoms with Crippen molar-refractivity contribution in [3.05, 3.63) is 23.3 Å². The molecule has 0 bridgehead atoms. The first-order valence-electron chi connectivity index (χ1n) is 6.75. The number of nitrogen functional groups attached to an aromatic ring is 1. The average Bonchev–Trinajstić information content (AvgIpc) is 2.45. The van der Waals surface area contributed by atoms with Crippen LogP contribution in [0.4, 0.5) is 5.69 Å². The molecule has 0 aliphatic heterocycles. The smallest absolute Gasteiger partial charge is 0.241 e. The summed E-state index contributed by atoms with van der Waals surface area (Å²) in [5, 5.41) is 1.24. The highest BCUT2D eigenvalue weighted by molar-refractivity contribution is 7.99. The molecule has 7 heteroatoms. The molecule has 2 aromatic heterocycles. The lowest BCUT2D eigenvalue weighted by molar-refractivity contribution is 0.305. The number of anilines is 1. The van der Waals surface area contributed by atoms with Gasteiger partial charge in [-0.25, -0.2) is 15.0 Å². The van der Waals surface area contributed by atoms with Crippen LogP contribution in [0.25, 0.3) is 0 Å². The Balaban J connectivity index is 2.27. The van der Waals surface area contributed by atoms with Gasteiger partial charge >= 0.3 is 0 Å². The van der Waals surface area contributed by atoms with Gasteiger partial charge in [0, 0.05) is 11.4 Å². The molecule has 0 spiro atoms. The molecule has 2 rings (SSSR count). The van der Waals surface area contributed by atoms with Crippen molar-refractivity contribution < 1.29 is 4.74 Å². The van der Waals surface area contributed by atoms with Crippen molar-refractivity contribution in [3.63, 3.8) is 0 Å². The van der Waals surface area contributed by atoms with Crippen molar-refractivity contribution in [2.24, 2.45) is 0 Å². The molecule has 0 saturated heterocycles. The van der Waals surface area contributed by atoms with Gasteiger partial charge < -0.3 is 10.5 Å². The summed E-state index contributed by atoms with van der Waals surface area (Å²) >= 11 is 1.32. The van der Waals surface area contributed by atoms with E-state index in [0.29, 0.717) is 28.4 Å². The lowest BCUT2D eigenvalue weighted by Gasteiger charge is -2.10. The molecule has 0 radical (unpaired) electrons. The molecule has 112 valence electrons. The van der Waals surface area contributed by atoms with Crippen molar-refractivity contribution in [1.29, 1.82) is 0 Å². The van der Waals surface area contributed by atoms with Crippen LogP contribution in [0.3, 0.4) is 0 Å². The van der Waals surface area contributed by atoms with Crippen LogP contribution in [0.15, 0.2) is 16.5 Å². The van der Waals surface area contributed by atoms with Crippen LogP contribution in [0, 0.1) is 20.8 Å². The largest absolute Gasteiger partial charge is 0.476 e. The number of ether oxygens (including phenoxy) is 1. The second-order valence-corrected chi connectivity index (χ2v) is 5.61. The molecule has 0 aliphatic rings. The normalized spacial score (nSPS) is 10.7. The summed E-state index contributed by atoms with van der Waals surface area (Å²) in [6.45, 7) is 8.54. The molecule has 2 N–H and O–H groups in total. The number of nitrogens with two attached hydrogens (primary N) is 1. The first kappa shape index (κ1) is 15.5. The molecule has 0 aliphatic carbocycles. The topological polar surface area (TPSA) is 86.8 Å². The van der Waals surface area contributed by atoms with Crippen LogP contribution >= 0.6 is 11.8 Å². The lowest BCUT2D eigenvalue weighted by atomic mass is 10.2. The highest BCUT2D eigenvalue weighted by atomic mass is 32.2. The van der Waals surface area contributed by atoms with E-state index in [9.17, 15) is 0 Å². The van der Waals surface area contributed by atoms with E-state index in [-0.39, 0.29) is 0 Å². The maximum Gasteiger partial charge on any atom is 0.241 e. The van der Waals surface area contributed by atoms with Gasteiger partial charge in [-0.15, -0.1) is 0 Å². The van der Waals surface area contributed by atoms with Crippen LogP contribution in [0.1, 0.15) is 30.3 Å². The first-order valence-corrected chi connectivity index (χ1v) is 7.57. The molecule has 6 nitrogen and oxygen atoms in total. The lowest BCUT2D eigenvalue weighted by Crippen LogP contribution is -2.04. The molecule has 0 aromatic carbocycles. The minimum Gasteiger partial charge on any atom is -0.476 e. The Labute approximate surface area is 128 Å². The quantitative estimate of drug-likeness (QED) is 0.671. The Hall–Kier alpha value is -1.89. The molecule has 0 atom stereocenters. The molecule has 0 saturated carbocycles. The Morgan fingerprint density at radius 3 is 2.43 bits per heavy atom. The van der Waals surface area contributed by atoms with Crippen LogP contribution in [0.5, 0.6) is 5.88 Å². The minimum absolute atomic E-state index is 0.412. The van der Waals surface area contributed by atoms with Crippen LogP contribution in [0.2, 0.25) is 0 Å². The maximum absolute atomic E-state index is 6.05. The van der Waals surface area contributed by atoms with Gasteiger partial charge in [0.2, 0.25) is 5.88 Å². The fourth-order valence-electron chi connectivity index (χ4n) is 1.63. The van der Waals surface area contributed by atoms with Gasteiger partial charge in [0.1, 0.15) is 17.0 Å². The number of hydrogen-bond acceptors (Lipinski definition) is 7. The Morgan fingerprint density at radius 2 is 1.81 bits per heavy atom. The molecule has 0 amide bonds. The third-order valence-corrected chi connectivity index (χ3v) is 3.94. The zero-order chi connectivity index (χ0) is 15.4. The number of aryl methyl sites for hydroxylation is 2. The fraction of sp³-hybridized carbons (Fsp3) is 0.429. The van der Waals surface area contributed by atoms with Crippen LogP contribution < -0.4 is 10.5 Å². The maximum atomic E-state index is 6.05. The second-order valence-electron chi connectivity index (χ2n) is 4.65. The molecule has 21 heavy (non-hydrogen) atoms. The van der Waals surface area contributed by atoms with E-state index in [1.165, 1.54) is 18.1 Å². The molecular weight excluding hydrogens is 286 g/mol. The highest BCUT2D eigenvalue weighted by Gasteiger charge is 2.13. The molecular formula is C14H19N5OS. The van der Waals surface area contributed by atoms with Crippen molar-refractivity contribution in [1.82, 2.24) is 19.9 Å². The Bertz CT molecular complexity index is 624. The monoisotopic (exact) mass is 305 g/mol. The van der Waals surface area contributed by atoms with E-state index in [1.807, 2.05) is 27.7 Å². The van der Waals surface area contributed by atoms with Crippen LogP contribution in [-0.2, 0) is 0 Å². The third-order valence-electron chi connectivity index (χ3n) is 3.05. The van der Waals surface area contributed by atoms with E-state index < -0.39 is 0 Å². The predicted molar refractivity (Wildman–Crippen MR) is 82.6 cm³/mol. The fourth-order valence-corrected chi connectivity index (χ4v) is 2.47. The van der Waals surface area contributed by atoms with Gasteiger partial charge in [0.05, 0.1) is 6.61 Å². The van der Waals surface area contributed by atoms with Crippen molar-refractivity contribution in [2.75, 3.05) is 12.3 Å². The summed E-state index contributed by atoms with van der Waals surface area (Å²) in [4.78, 5) is 17.2. The van der Waals surface area contributed by atoms with E-state index in [2.05, 4.69) is 19.9 Å². The third kappa shape index (κ3) is 3.60. The summed E-state index contributed by atoms with van der Waals surface area (Å²) in [7, 11) is 0. The molecule has 2 aromatic rings. The van der Waals surface area contributed by atoms with Gasteiger partial charge in [-0.1, -0.05) is 6.92 Å². The van der Waals surface area contributed by atoms with E-state index in [4.69, 9.17) is 10.5 Å². The van der Waals surface area contributed by atoms with E-state index in [0.717, 1.165) is 23.4 Å². The van der Waals surface area contributed by atoms with E-state index in [1.54, 1.807) is 0 Å². The van der Waals surface area contributed by atoms with Gasteiger partial charge in [0.15, 0.2) is 5.16 Å². The molecule has 0 unspecified atom stereocenters. The van der Waals surface area contributed by atoms with Gasteiger partial charge in [-0.2, -0.15) is 4.98 Å². The standard InChI is InChI=1S/C14H19N5OS/c1-5-6-20-12-11(15)13(17-7-16-12)21-14-18-9(3)8(2)10(4)19-14/h7H,5-6,15H2,1-4H3. The number of hydrogen-bond donors (Lipinski definition) is 1. The van der Waals surface area contributed by atoms with Crippen LogP contribution in [-0.4, -0.2) is 26.5 Å². The zero-order valence-corrected chi connectivity index (χ0v) is 13.5. The number of aromatic nitrogens is 4. The Morgan fingerprint density at radius 1 is 1.14 bits per heavy atom. The van der Waals surface area contributed by atoms with Crippen molar-refractivity contribution in [3.8, 4) is 5.88 Å². The van der Waals surface area contributed by atoms with Gasteiger partial charge in [-0.3, -0.25) is 0 Å². The summed E-state index contributed by atoms with van der Waals surface area (Å²) in [6.07, 6.45) is 2.34. The van der Waals surface area contributed by atoms with Gasteiger partial charge in [-0.05, 0) is 44.5 Å². The summed E-state index contributed by atoms with van der Waals surface area (Å²) in [6, 6.07) is 0. The predicted octanol–water partition coefficient (Wildman–Crippen LogP) is 2.71. The first-order chi connectivity index (χ1) is 10.0. The number of rotatable bonds is 5. The minimum atomic E-state index is 0.412. The Kier molecular flexibility index (Phi) is 4.95.